The molecule has 6 nitrogen and oxygen atoms in total. The Kier molecular flexibility index (Phi) is 7.07. The molecule has 0 atom stereocenters. The summed E-state index contributed by atoms with van der Waals surface area (Å²) in [6.45, 7) is 2.40. The van der Waals surface area contributed by atoms with E-state index in [-0.39, 0.29) is 12.5 Å². The number of esters is 1. The zero-order valence-electron chi connectivity index (χ0n) is 17.6. The maximum atomic E-state index is 12.6. The fourth-order valence-corrected chi connectivity index (χ4v) is 3.98. The minimum absolute atomic E-state index is 0.129. The van der Waals surface area contributed by atoms with Gasteiger partial charge >= 0.3 is 5.97 Å². The molecule has 0 fully saturated rings. The van der Waals surface area contributed by atoms with Gasteiger partial charge in [0.2, 0.25) is 5.91 Å². The lowest BCUT2D eigenvalue weighted by Gasteiger charge is -2.19. The highest BCUT2D eigenvalue weighted by Crippen LogP contribution is 2.26. The Labute approximate surface area is 180 Å². The molecule has 0 aliphatic carbocycles. The van der Waals surface area contributed by atoms with Crippen LogP contribution in [0.4, 0.5) is 5.69 Å². The van der Waals surface area contributed by atoms with Gasteiger partial charge in [-0.1, -0.05) is 30.3 Å². The number of carbonyl (C=O) groups excluding carboxylic acids is 2. The number of methoxy groups -OCH3 is 1. The predicted octanol–water partition coefficient (Wildman–Crippen LogP) is 4.12. The van der Waals surface area contributed by atoms with E-state index >= 15 is 0 Å². The summed E-state index contributed by atoms with van der Waals surface area (Å²) in [7, 11) is 3.19. The van der Waals surface area contributed by atoms with Gasteiger partial charge in [-0.15, -0.1) is 11.8 Å². The van der Waals surface area contributed by atoms with Crippen LogP contribution in [0.1, 0.15) is 21.6 Å². The van der Waals surface area contributed by atoms with Crippen molar-refractivity contribution in [2.45, 2.75) is 18.4 Å². The number of aryl methyl sites for hydroxylation is 1. The molecule has 0 saturated carbocycles. The van der Waals surface area contributed by atoms with Crippen LogP contribution in [-0.2, 0) is 16.1 Å². The van der Waals surface area contributed by atoms with Gasteiger partial charge in [0.05, 0.1) is 36.1 Å². The smallest absolute Gasteiger partial charge is 0.340 e. The lowest BCUT2D eigenvalue weighted by atomic mass is 10.0. The van der Waals surface area contributed by atoms with Crippen molar-refractivity contribution in [3.63, 3.8) is 0 Å². The highest BCUT2D eigenvalue weighted by atomic mass is 32.2. The average Bonchev–Trinajstić information content (AvgIpc) is 2.73. The lowest BCUT2D eigenvalue weighted by Crippen LogP contribution is -2.31. The second kappa shape index (κ2) is 9.73. The number of benzene rings is 2. The van der Waals surface area contributed by atoms with Gasteiger partial charge in [-0.3, -0.25) is 14.7 Å². The Morgan fingerprint density at radius 1 is 1.13 bits per heavy atom. The van der Waals surface area contributed by atoms with Gasteiger partial charge in [-0.05, 0) is 44.0 Å². The molecule has 3 aromatic rings. The molecule has 0 unspecified atom stereocenters. The van der Waals surface area contributed by atoms with Gasteiger partial charge in [-0.2, -0.15) is 0 Å². The Morgan fingerprint density at radius 3 is 2.57 bits per heavy atom. The van der Waals surface area contributed by atoms with Crippen LogP contribution in [0.3, 0.4) is 0 Å². The van der Waals surface area contributed by atoms with Crippen LogP contribution in [0.15, 0.2) is 53.4 Å². The monoisotopic (exact) mass is 423 g/mol. The van der Waals surface area contributed by atoms with E-state index in [1.807, 2.05) is 73.7 Å². The molecule has 3 rings (SSSR count). The van der Waals surface area contributed by atoms with Crippen LogP contribution in [0.2, 0.25) is 0 Å². The van der Waals surface area contributed by atoms with Crippen molar-refractivity contribution in [1.29, 1.82) is 0 Å². The van der Waals surface area contributed by atoms with Crippen LogP contribution in [0, 0.1) is 6.92 Å². The Hall–Kier alpha value is -2.90. The molecule has 1 aromatic heterocycles. The molecule has 1 amide bonds. The number of carbonyl (C=O) groups is 2. The maximum absolute atomic E-state index is 12.6. The quantitative estimate of drug-likeness (QED) is 0.455. The summed E-state index contributed by atoms with van der Waals surface area (Å²) >= 11 is 1.58. The van der Waals surface area contributed by atoms with Crippen molar-refractivity contribution in [2.75, 3.05) is 32.3 Å². The number of amides is 1. The number of thioether (sulfide) groups is 1. The summed E-state index contributed by atoms with van der Waals surface area (Å²) in [6, 6.07) is 15.4. The van der Waals surface area contributed by atoms with Gasteiger partial charge in [-0.25, -0.2) is 4.79 Å². The molecule has 1 heterocycles. The van der Waals surface area contributed by atoms with Crippen LogP contribution in [0.25, 0.3) is 10.9 Å². The van der Waals surface area contributed by atoms with Crippen molar-refractivity contribution >= 4 is 40.2 Å². The van der Waals surface area contributed by atoms with Gasteiger partial charge in [0.25, 0.3) is 0 Å². The summed E-state index contributed by atoms with van der Waals surface area (Å²) in [5.74, 6) is -0.552. The number of ether oxygens (including phenoxy) is 1. The number of hydrogen-bond acceptors (Lipinski definition) is 6. The van der Waals surface area contributed by atoms with E-state index in [0.717, 1.165) is 27.0 Å². The molecule has 30 heavy (non-hydrogen) atoms. The lowest BCUT2D eigenvalue weighted by molar-refractivity contribution is -0.117. The number of anilines is 1. The largest absolute Gasteiger partial charge is 0.465 e. The van der Waals surface area contributed by atoms with Crippen molar-refractivity contribution in [3.05, 3.63) is 65.4 Å². The molecule has 0 saturated heterocycles. The number of likely N-dealkylation sites (N-methyl/N-ethyl adjacent to an activating group) is 1. The van der Waals surface area contributed by atoms with E-state index in [1.165, 1.54) is 7.11 Å². The zero-order valence-corrected chi connectivity index (χ0v) is 18.4. The Balaban J connectivity index is 1.81. The van der Waals surface area contributed by atoms with Crippen LogP contribution in [-0.4, -0.2) is 48.7 Å². The van der Waals surface area contributed by atoms with E-state index in [2.05, 4.69) is 10.3 Å². The normalized spacial score (nSPS) is 11.0. The SMILES string of the molecule is COC(=O)c1c(CN(C)CC(=O)Nc2ccccc2SC)nc2ccccc2c1C. The zero-order chi connectivity index (χ0) is 21.7. The molecule has 7 heteroatoms. The van der Waals surface area contributed by atoms with E-state index in [9.17, 15) is 9.59 Å². The van der Waals surface area contributed by atoms with E-state index < -0.39 is 5.97 Å². The number of hydrogen-bond donors (Lipinski definition) is 1. The van der Waals surface area contributed by atoms with Gasteiger partial charge in [0.15, 0.2) is 0 Å². The first-order valence-electron chi connectivity index (χ1n) is 9.52. The fraction of sp³-hybridized carbons (Fsp3) is 0.261. The first-order valence-corrected chi connectivity index (χ1v) is 10.7. The molecule has 0 radical (unpaired) electrons. The number of pyridine rings is 1. The number of aromatic nitrogens is 1. The summed E-state index contributed by atoms with van der Waals surface area (Å²) in [5, 5.41) is 3.87. The number of para-hydroxylation sites is 2. The first kappa shape index (κ1) is 21.8. The minimum Gasteiger partial charge on any atom is -0.465 e. The second-order valence-electron chi connectivity index (χ2n) is 6.99. The molecule has 1 N–H and O–H groups in total. The maximum Gasteiger partial charge on any atom is 0.340 e. The summed E-state index contributed by atoms with van der Waals surface area (Å²) in [4.78, 5) is 32.5. The highest BCUT2D eigenvalue weighted by Gasteiger charge is 2.21. The van der Waals surface area contributed by atoms with Crippen LogP contribution >= 0.6 is 11.8 Å². The van der Waals surface area contributed by atoms with Gasteiger partial charge in [0.1, 0.15) is 0 Å². The van der Waals surface area contributed by atoms with E-state index in [4.69, 9.17) is 4.74 Å². The topological polar surface area (TPSA) is 71.5 Å². The molecular weight excluding hydrogens is 398 g/mol. The second-order valence-corrected chi connectivity index (χ2v) is 7.84. The van der Waals surface area contributed by atoms with Crippen LogP contribution in [0.5, 0.6) is 0 Å². The minimum atomic E-state index is -0.424. The summed E-state index contributed by atoms with van der Waals surface area (Å²) in [6.07, 6.45) is 1.97. The third kappa shape index (κ3) is 4.80. The summed E-state index contributed by atoms with van der Waals surface area (Å²) in [5.41, 5.74) is 3.48. The molecule has 156 valence electrons. The molecular formula is C23H25N3O3S. The Morgan fingerprint density at radius 2 is 1.83 bits per heavy atom. The number of nitrogens with zero attached hydrogens (tertiary/aromatic N) is 2. The first-order chi connectivity index (χ1) is 14.4. The third-order valence-corrected chi connectivity index (χ3v) is 5.63. The predicted molar refractivity (Wildman–Crippen MR) is 121 cm³/mol. The van der Waals surface area contributed by atoms with Crippen LogP contribution < -0.4 is 5.32 Å². The number of nitrogens with one attached hydrogen (secondary N) is 1. The van der Waals surface area contributed by atoms with E-state index in [1.54, 1.807) is 11.8 Å². The van der Waals surface area contributed by atoms with Crippen molar-refractivity contribution in [3.8, 4) is 0 Å². The number of rotatable bonds is 7. The Bertz CT molecular complexity index is 1080. The molecule has 0 bridgehead atoms. The third-order valence-electron chi connectivity index (χ3n) is 4.83. The average molecular weight is 424 g/mol. The molecule has 0 aliphatic rings. The fourth-order valence-electron chi connectivity index (χ4n) is 3.42. The van der Waals surface area contributed by atoms with Crippen molar-refractivity contribution < 1.29 is 14.3 Å². The summed E-state index contributed by atoms with van der Waals surface area (Å²) < 4.78 is 4.99. The van der Waals surface area contributed by atoms with Crippen molar-refractivity contribution in [2.24, 2.45) is 0 Å². The van der Waals surface area contributed by atoms with Gasteiger partial charge in [0, 0.05) is 16.8 Å². The molecule has 2 aromatic carbocycles. The molecule has 0 spiro atoms. The van der Waals surface area contributed by atoms with Crippen molar-refractivity contribution in [1.82, 2.24) is 9.88 Å². The number of fused-ring (bicyclic) bond motifs is 1. The van der Waals surface area contributed by atoms with Gasteiger partial charge < -0.3 is 10.1 Å². The standard InChI is InChI=1S/C23H25N3O3S/c1-15-16-9-5-6-10-17(16)24-19(22(15)23(28)29-3)13-26(2)14-21(27)25-18-11-7-8-12-20(18)30-4/h5-12H,13-14H2,1-4H3,(H,25,27). The van der Waals surface area contributed by atoms with E-state index in [0.29, 0.717) is 17.8 Å². The molecule has 0 aliphatic heterocycles. The highest BCUT2D eigenvalue weighted by molar-refractivity contribution is 7.98.